The predicted octanol–water partition coefficient (Wildman–Crippen LogP) is 4.46. The van der Waals surface area contributed by atoms with E-state index in [0.717, 1.165) is 5.69 Å². The number of nitrogens with zero attached hydrogens (tertiary/aromatic N) is 1. The molecule has 4 nitrogen and oxygen atoms in total. The van der Waals surface area contributed by atoms with Crippen molar-refractivity contribution in [2.45, 2.75) is 26.2 Å². The van der Waals surface area contributed by atoms with Crippen molar-refractivity contribution in [2.75, 3.05) is 16.8 Å². The first-order chi connectivity index (χ1) is 12.0. The lowest BCUT2D eigenvalue weighted by molar-refractivity contribution is -0.122. The number of amides is 2. The lowest BCUT2D eigenvalue weighted by Gasteiger charge is -2.18. The third-order valence-electron chi connectivity index (χ3n) is 4.48. The van der Waals surface area contributed by atoms with Gasteiger partial charge in [0.2, 0.25) is 11.8 Å². The van der Waals surface area contributed by atoms with Crippen LogP contribution in [0.25, 0.3) is 0 Å². The Morgan fingerprint density at radius 3 is 2.48 bits per heavy atom. The highest BCUT2D eigenvalue weighted by Crippen LogP contribution is 2.31. The topological polar surface area (TPSA) is 49.4 Å². The zero-order valence-corrected chi connectivity index (χ0v) is 15.1. The van der Waals surface area contributed by atoms with Crippen LogP contribution in [0, 0.1) is 5.92 Å². The van der Waals surface area contributed by atoms with Crippen molar-refractivity contribution in [3.05, 3.63) is 59.1 Å². The Labute approximate surface area is 152 Å². The molecule has 2 aromatic rings. The monoisotopic (exact) mass is 356 g/mol. The molecule has 0 spiro atoms. The number of para-hydroxylation sites is 1. The third kappa shape index (κ3) is 3.85. The number of halogens is 1. The quantitative estimate of drug-likeness (QED) is 0.879. The molecule has 0 bridgehead atoms. The molecule has 130 valence electrons. The largest absolute Gasteiger partial charge is 0.326 e. The Hall–Kier alpha value is -2.33. The lowest BCUT2D eigenvalue weighted by atomic mass is 10.0. The first-order valence-electron chi connectivity index (χ1n) is 8.41. The van der Waals surface area contributed by atoms with Gasteiger partial charge in [0.15, 0.2) is 0 Å². The SMILES string of the molecule is CC(C)c1ccc(NC(=O)[C@@H]2CC(=O)N(c3ccccc3Cl)C2)cc1. The van der Waals surface area contributed by atoms with Gasteiger partial charge in [-0.25, -0.2) is 0 Å². The Morgan fingerprint density at radius 2 is 1.84 bits per heavy atom. The Kier molecular flexibility index (Phi) is 5.09. The number of carbonyl (C=O) groups is 2. The lowest BCUT2D eigenvalue weighted by Crippen LogP contribution is -2.28. The molecule has 0 unspecified atom stereocenters. The van der Waals surface area contributed by atoms with Crippen LogP contribution in [0.15, 0.2) is 48.5 Å². The summed E-state index contributed by atoms with van der Waals surface area (Å²) in [6, 6.07) is 15.0. The van der Waals surface area contributed by atoms with Crippen molar-refractivity contribution < 1.29 is 9.59 Å². The predicted molar refractivity (Wildman–Crippen MR) is 101 cm³/mol. The molecule has 1 saturated heterocycles. The van der Waals surface area contributed by atoms with Crippen LogP contribution in [-0.2, 0) is 9.59 Å². The minimum absolute atomic E-state index is 0.0802. The van der Waals surface area contributed by atoms with E-state index in [0.29, 0.717) is 23.2 Å². The second-order valence-electron chi connectivity index (χ2n) is 6.62. The normalized spacial score (nSPS) is 17.2. The van der Waals surface area contributed by atoms with Gasteiger partial charge in [-0.05, 0) is 35.7 Å². The number of hydrogen-bond donors (Lipinski definition) is 1. The molecule has 1 fully saturated rings. The summed E-state index contributed by atoms with van der Waals surface area (Å²) in [5.41, 5.74) is 2.63. The van der Waals surface area contributed by atoms with Gasteiger partial charge in [-0.1, -0.05) is 49.7 Å². The number of carbonyl (C=O) groups excluding carboxylic acids is 2. The van der Waals surface area contributed by atoms with Gasteiger partial charge in [-0.3, -0.25) is 9.59 Å². The van der Waals surface area contributed by atoms with Gasteiger partial charge < -0.3 is 10.2 Å². The van der Waals surface area contributed by atoms with Crippen LogP contribution in [0.5, 0.6) is 0 Å². The molecule has 3 rings (SSSR count). The van der Waals surface area contributed by atoms with Gasteiger partial charge >= 0.3 is 0 Å². The van der Waals surface area contributed by atoms with Crippen LogP contribution >= 0.6 is 11.6 Å². The minimum Gasteiger partial charge on any atom is -0.326 e. The average Bonchev–Trinajstić information content (AvgIpc) is 2.97. The van der Waals surface area contributed by atoms with Crippen molar-refractivity contribution in [1.82, 2.24) is 0 Å². The Bertz CT molecular complexity index is 787. The van der Waals surface area contributed by atoms with Crippen molar-refractivity contribution in [1.29, 1.82) is 0 Å². The van der Waals surface area contributed by atoms with Gasteiger partial charge in [0, 0.05) is 18.7 Å². The summed E-state index contributed by atoms with van der Waals surface area (Å²) < 4.78 is 0. The summed E-state index contributed by atoms with van der Waals surface area (Å²) in [7, 11) is 0. The van der Waals surface area contributed by atoms with Crippen molar-refractivity contribution in [2.24, 2.45) is 5.92 Å². The van der Waals surface area contributed by atoms with Crippen LogP contribution in [0.1, 0.15) is 31.7 Å². The number of hydrogen-bond acceptors (Lipinski definition) is 2. The Balaban J connectivity index is 1.67. The molecular weight excluding hydrogens is 336 g/mol. The number of benzene rings is 2. The van der Waals surface area contributed by atoms with Crippen LogP contribution < -0.4 is 10.2 Å². The van der Waals surface area contributed by atoms with Crippen LogP contribution in [0.4, 0.5) is 11.4 Å². The molecule has 1 heterocycles. The molecular formula is C20H21ClN2O2. The molecule has 2 amide bonds. The van der Waals surface area contributed by atoms with E-state index in [1.165, 1.54) is 5.56 Å². The smallest absolute Gasteiger partial charge is 0.229 e. The number of rotatable bonds is 4. The van der Waals surface area contributed by atoms with E-state index in [4.69, 9.17) is 11.6 Å². The summed E-state index contributed by atoms with van der Waals surface area (Å²) >= 11 is 6.17. The molecule has 1 aliphatic rings. The summed E-state index contributed by atoms with van der Waals surface area (Å²) in [5.74, 6) is -0.154. The van der Waals surface area contributed by atoms with E-state index < -0.39 is 0 Å². The van der Waals surface area contributed by atoms with Crippen molar-refractivity contribution >= 4 is 34.8 Å². The highest BCUT2D eigenvalue weighted by atomic mass is 35.5. The standard InChI is InChI=1S/C20H21ClN2O2/c1-13(2)14-7-9-16(10-8-14)22-20(25)15-11-19(24)23(12-15)18-6-4-3-5-17(18)21/h3-10,13,15H,11-12H2,1-2H3,(H,22,25)/t15-/m1/s1. The van der Waals surface area contributed by atoms with E-state index in [-0.39, 0.29) is 24.2 Å². The first kappa shape index (κ1) is 17.5. The minimum atomic E-state index is -0.381. The molecule has 0 radical (unpaired) electrons. The highest BCUT2D eigenvalue weighted by Gasteiger charge is 2.35. The van der Waals surface area contributed by atoms with E-state index in [1.807, 2.05) is 36.4 Å². The van der Waals surface area contributed by atoms with Gasteiger partial charge in [0.05, 0.1) is 16.6 Å². The fraction of sp³-hybridized carbons (Fsp3) is 0.300. The zero-order chi connectivity index (χ0) is 18.0. The third-order valence-corrected chi connectivity index (χ3v) is 4.80. The molecule has 1 atom stereocenters. The van der Waals surface area contributed by atoms with Crippen LogP contribution in [-0.4, -0.2) is 18.4 Å². The maximum Gasteiger partial charge on any atom is 0.229 e. The molecule has 0 aliphatic carbocycles. The Morgan fingerprint density at radius 1 is 1.16 bits per heavy atom. The van der Waals surface area contributed by atoms with Gasteiger partial charge in [-0.2, -0.15) is 0 Å². The number of nitrogens with one attached hydrogen (secondary N) is 1. The van der Waals surface area contributed by atoms with Crippen LogP contribution in [0.2, 0.25) is 5.02 Å². The fourth-order valence-electron chi connectivity index (χ4n) is 2.98. The molecule has 1 aliphatic heterocycles. The molecule has 2 aromatic carbocycles. The second-order valence-corrected chi connectivity index (χ2v) is 7.03. The van der Waals surface area contributed by atoms with Crippen LogP contribution in [0.3, 0.4) is 0 Å². The van der Waals surface area contributed by atoms with Gasteiger partial charge in [0.25, 0.3) is 0 Å². The van der Waals surface area contributed by atoms with E-state index in [1.54, 1.807) is 17.0 Å². The van der Waals surface area contributed by atoms with Crippen molar-refractivity contribution in [3.8, 4) is 0 Å². The summed E-state index contributed by atoms with van der Waals surface area (Å²) in [4.78, 5) is 26.4. The zero-order valence-electron chi connectivity index (χ0n) is 14.3. The van der Waals surface area contributed by atoms with Crippen molar-refractivity contribution in [3.63, 3.8) is 0 Å². The molecule has 5 heteroatoms. The van der Waals surface area contributed by atoms with E-state index in [9.17, 15) is 9.59 Å². The maximum absolute atomic E-state index is 12.5. The highest BCUT2D eigenvalue weighted by molar-refractivity contribution is 6.33. The second kappa shape index (κ2) is 7.28. The van der Waals surface area contributed by atoms with E-state index >= 15 is 0 Å². The maximum atomic E-state index is 12.5. The molecule has 25 heavy (non-hydrogen) atoms. The average molecular weight is 357 g/mol. The summed E-state index contributed by atoms with van der Waals surface area (Å²) in [5, 5.41) is 3.42. The van der Waals surface area contributed by atoms with Gasteiger partial charge in [0.1, 0.15) is 0 Å². The summed E-state index contributed by atoms with van der Waals surface area (Å²) in [6.07, 6.45) is 0.196. The molecule has 0 saturated carbocycles. The summed E-state index contributed by atoms with van der Waals surface area (Å²) in [6.45, 7) is 4.60. The molecule has 1 N–H and O–H groups in total. The first-order valence-corrected chi connectivity index (χ1v) is 8.79. The van der Waals surface area contributed by atoms with E-state index in [2.05, 4.69) is 19.2 Å². The van der Waals surface area contributed by atoms with Gasteiger partial charge in [-0.15, -0.1) is 0 Å². The molecule has 0 aromatic heterocycles. The number of anilines is 2. The fourth-order valence-corrected chi connectivity index (χ4v) is 3.22.